The summed E-state index contributed by atoms with van der Waals surface area (Å²) in [6.07, 6.45) is 0.134. The van der Waals surface area contributed by atoms with Crippen molar-refractivity contribution >= 4 is 23.2 Å². The number of benzene rings is 2. The third-order valence-corrected chi connectivity index (χ3v) is 2.79. The van der Waals surface area contributed by atoms with E-state index in [1.165, 1.54) is 19.1 Å². The molecule has 0 saturated heterocycles. The van der Waals surface area contributed by atoms with Gasteiger partial charge in [-0.25, -0.2) is 4.39 Å². The van der Waals surface area contributed by atoms with Gasteiger partial charge in [0.15, 0.2) is 0 Å². The van der Waals surface area contributed by atoms with Crippen LogP contribution in [0, 0.1) is 5.82 Å². The number of carbonyl (C=O) groups excluding carboxylic acids is 2. The highest BCUT2D eigenvalue weighted by Crippen LogP contribution is 2.21. The van der Waals surface area contributed by atoms with Gasteiger partial charge in [-0.15, -0.1) is 0 Å². The number of rotatable bonds is 4. The van der Waals surface area contributed by atoms with E-state index in [2.05, 4.69) is 10.6 Å². The Hall–Kier alpha value is -2.69. The van der Waals surface area contributed by atoms with Crippen LogP contribution in [0.15, 0.2) is 48.5 Å². The topological polar surface area (TPSA) is 58.2 Å². The Morgan fingerprint density at radius 3 is 2.10 bits per heavy atom. The largest absolute Gasteiger partial charge is 0.325 e. The molecular formula is C16H15FN2O2. The molecule has 2 amide bonds. The van der Waals surface area contributed by atoms with Crippen LogP contribution in [0.25, 0.3) is 0 Å². The molecule has 0 heterocycles. The van der Waals surface area contributed by atoms with Crippen LogP contribution < -0.4 is 10.6 Å². The fourth-order valence-corrected chi connectivity index (χ4v) is 1.87. The summed E-state index contributed by atoms with van der Waals surface area (Å²) in [4.78, 5) is 23.1. The minimum atomic E-state index is -0.338. The Bertz CT molecular complexity index is 654. The van der Waals surface area contributed by atoms with Gasteiger partial charge in [-0.1, -0.05) is 24.3 Å². The van der Waals surface area contributed by atoms with Gasteiger partial charge in [0.05, 0.1) is 17.8 Å². The van der Waals surface area contributed by atoms with Gasteiger partial charge in [0.2, 0.25) is 11.8 Å². The molecule has 0 bridgehead atoms. The van der Waals surface area contributed by atoms with Crippen LogP contribution in [0.1, 0.15) is 12.5 Å². The first-order valence-corrected chi connectivity index (χ1v) is 6.45. The first-order chi connectivity index (χ1) is 10.0. The summed E-state index contributed by atoms with van der Waals surface area (Å²) in [5, 5.41) is 5.38. The Morgan fingerprint density at radius 1 is 0.952 bits per heavy atom. The van der Waals surface area contributed by atoms with Gasteiger partial charge in [-0.3, -0.25) is 9.59 Å². The van der Waals surface area contributed by atoms with E-state index < -0.39 is 0 Å². The van der Waals surface area contributed by atoms with Gasteiger partial charge in [0.1, 0.15) is 5.82 Å². The van der Waals surface area contributed by atoms with Crippen molar-refractivity contribution in [2.45, 2.75) is 13.3 Å². The molecule has 0 saturated carbocycles. The quantitative estimate of drug-likeness (QED) is 0.907. The van der Waals surface area contributed by atoms with Crippen molar-refractivity contribution in [3.8, 4) is 0 Å². The standard InChI is InChI=1S/C16H15FN2O2/c1-11(20)18-14-4-2-3-5-15(14)19-16(21)10-12-6-8-13(17)9-7-12/h2-9H,10H2,1H3,(H,18,20)(H,19,21). The van der Waals surface area contributed by atoms with E-state index in [1.54, 1.807) is 36.4 Å². The number of halogens is 1. The smallest absolute Gasteiger partial charge is 0.228 e. The third-order valence-electron chi connectivity index (χ3n) is 2.79. The molecule has 0 unspecified atom stereocenters. The van der Waals surface area contributed by atoms with Gasteiger partial charge in [0.25, 0.3) is 0 Å². The number of carbonyl (C=O) groups is 2. The summed E-state index contributed by atoms with van der Waals surface area (Å²) in [7, 11) is 0. The van der Waals surface area contributed by atoms with E-state index in [4.69, 9.17) is 0 Å². The number of amides is 2. The highest BCUT2D eigenvalue weighted by Gasteiger charge is 2.08. The molecule has 2 N–H and O–H groups in total. The van der Waals surface area contributed by atoms with Crippen LogP contribution in [0.2, 0.25) is 0 Å². The minimum absolute atomic E-state index is 0.134. The van der Waals surface area contributed by atoms with Crippen molar-refractivity contribution in [2.24, 2.45) is 0 Å². The van der Waals surface area contributed by atoms with E-state index in [9.17, 15) is 14.0 Å². The van der Waals surface area contributed by atoms with Gasteiger partial charge in [-0.05, 0) is 29.8 Å². The second-order valence-corrected chi connectivity index (χ2v) is 4.58. The molecule has 0 fully saturated rings. The number of para-hydroxylation sites is 2. The van der Waals surface area contributed by atoms with Crippen molar-refractivity contribution in [1.29, 1.82) is 0 Å². The van der Waals surface area contributed by atoms with Gasteiger partial charge in [-0.2, -0.15) is 0 Å². The molecule has 0 atom stereocenters. The zero-order chi connectivity index (χ0) is 15.2. The first kappa shape index (κ1) is 14.7. The summed E-state index contributed by atoms with van der Waals surface area (Å²) in [5.74, 6) is -0.787. The normalized spacial score (nSPS) is 10.0. The molecule has 2 rings (SSSR count). The Kier molecular flexibility index (Phi) is 4.66. The third kappa shape index (κ3) is 4.42. The summed E-state index contributed by atoms with van der Waals surface area (Å²) >= 11 is 0. The molecule has 0 radical (unpaired) electrons. The lowest BCUT2D eigenvalue weighted by Gasteiger charge is -2.11. The predicted octanol–water partition coefficient (Wildman–Crippen LogP) is 2.97. The highest BCUT2D eigenvalue weighted by molar-refractivity contribution is 5.99. The van der Waals surface area contributed by atoms with Crippen molar-refractivity contribution in [1.82, 2.24) is 0 Å². The fourth-order valence-electron chi connectivity index (χ4n) is 1.87. The van der Waals surface area contributed by atoms with Crippen molar-refractivity contribution in [2.75, 3.05) is 10.6 Å². The zero-order valence-corrected chi connectivity index (χ0v) is 11.5. The Labute approximate surface area is 122 Å². The lowest BCUT2D eigenvalue weighted by molar-refractivity contribution is -0.116. The molecule has 2 aromatic carbocycles. The molecular weight excluding hydrogens is 271 g/mol. The van der Waals surface area contributed by atoms with E-state index >= 15 is 0 Å². The molecule has 21 heavy (non-hydrogen) atoms. The zero-order valence-electron chi connectivity index (χ0n) is 11.5. The minimum Gasteiger partial charge on any atom is -0.325 e. The van der Waals surface area contributed by atoms with E-state index in [-0.39, 0.29) is 24.1 Å². The molecule has 0 aliphatic heterocycles. The number of hydrogen-bond donors (Lipinski definition) is 2. The van der Waals surface area contributed by atoms with Crippen LogP contribution in [-0.2, 0) is 16.0 Å². The van der Waals surface area contributed by atoms with Crippen molar-refractivity contribution in [3.05, 3.63) is 59.9 Å². The van der Waals surface area contributed by atoms with Crippen molar-refractivity contribution < 1.29 is 14.0 Å². The average Bonchev–Trinajstić information content (AvgIpc) is 2.43. The molecule has 4 nitrogen and oxygen atoms in total. The van der Waals surface area contributed by atoms with Gasteiger partial charge in [0, 0.05) is 6.92 Å². The lowest BCUT2D eigenvalue weighted by atomic mass is 10.1. The van der Waals surface area contributed by atoms with E-state index in [1.807, 2.05) is 0 Å². The molecule has 108 valence electrons. The second-order valence-electron chi connectivity index (χ2n) is 4.58. The number of nitrogens with one attached hydrogen (secondary N) is 2. The maximum Gasteiger partial charge on any atom is 0.228 e. The summed E-state index contributed by atoms with van der Waals surface area (Å²) in [5.41, 5.74) is 1.78. The van der Waals surface area contributed by atoms with Crippen LogP contribution in [0.4, 0.5) is 15.8 Å². The van der Waals surface area contributed by atoms with Crippen molar-refractivity contribution in [3.63, 3.8) is 0 Å². The average molecular weight is 286 g/mol. The maximum atomic E-state index is 12.8. The van der Waals surface area contributed by atoms with Crippen LogP contribution in [0.5, 0.6) is 0 Å². The van der Waals surface area contributed by atoms with E-state index in [0.717, 1.165) is 0 Å². The van der Waals surface area contributed by atoms with Crippen LogP contribution in [-0.4, -0.2) is 11.8 Å². The molecule has 0 aliphatic carbocycles. The summed E-state index contributed by atoms with van der Waals surface area (Å²) < 4.78 is 12.8. The number of hydrogen-bond acceptors (Lipinski definition) is 2. The fraction of sp³-hybridized carbons (Fsp3) is 0.125. The predicted molar refractivity (Wildman–Crippen MR) is 79.5 cm³/mol. The molecule has 2 aromatic rings. The first-order valence-electron chi connectivity index (χ1n) is 6.45. The summed E-state index contributed by atoms with van der Waals surface area (Å²) in [6.45, 7) is 1.40. The molecule has 0 spiro atoms. The summed E-state index contributed by atoms with van der Waals surface area (Å²) in [6, 6.07) is 12.7. The van der Waals surface area contributed by atoms with Crippen LogP contribution >= 0.6 is 0 Å². The van der Waals surface area contributed by atoms with Crippen LogP contribution in [0.3, 0.4) is 0 Å². The maximum absolute atomic E-state index is 12.8. The highest BCUT2D eigenvalue weighted by atomic mass is 19.1. The Morgan fingerprint density at radius 2 is 1.52 bits per heavy atom. The molecule has 0 aliphatic rings. The Balaban J connectivity index is 2.05. The van der Waals surface area contributed by atoms with Gasteiger partial charge >= 0.3 is 0 Å². The SMILES string of the molecule is CC(=O)Nc1ccccc1NC(=O)Cc1ccc(F)cc1. The monoisotopic (exact) mass is 286 g/mol. The lowest BCUT2D eigenvalue weighted by Crippen LogP contribution is -2.16. The molecule has 5 heteroatoms. The van der Waals surface area contributed by atoms with Gasteiger partial charge < -0.3 is 10.6 Å². The molecule has 0 aromatic heterocycles. The second kappa shape index (κ2) is 6.65. The van der Waals surface area contributed by atoms with E-state index in [0.29, 0.717) is 16.9 Å². The number of anilines is 2.